The maximum absolute atomic E-state index is 12.3. The molecule has 0 heterocycles. The first kappa shape index (κ1) is 22.2. The topological polar surface area (TPSA) is 50.8 Å². The summed E-state index contributed by atoms with van der Waals surface area (Å²) in [4.78, 5) is 14.1. The van der Waals surface area contributed by atoms with Crippen LogP contribution in [-0.4, -0.2) is 55.0 Å². The Labute approximate surface area is 143 Å². The van der Waals surface area contributed by atoms with Gasteiger partial charge in [0.25, 0.3) is 0 Å². The van der Waals surface area contributed by atoms with Gasteiger partial charge in [0.05, 0.1) is 6.61 Å². The molecule has 138 valence electrons. The molecular weight excluding hydrogens is 292 g/mol. The molecule has 0 aliphatic heterocycles. The standard InChI is InChI=1S/C18H38N2O3/c1-15(2)9-13-22-14-11-19-10-12-20(17(3,4)5)16(21)23-18(6,7)8/h15,19H,9-14H2,1-8H3. The van der Waals surface area contributed by atoms with Crippen LogP contribution in [0.15, 0.2) is 0 Å². The van der Waals surface area contributed by atoms with Crippen LogP contribution < -0.4 is 5.32 Å². The molecule has 0 fully saturated rings. The van der Waals surface area contributed by atoms with E-state index in [-0.39, 0.29) is 11.6 Å². The third-order valence-electron chi connectivity index (χ3n) is 3.20. The molecule has 23 heavy (non-hydrogen) atoms. The maximum Gasteiger partial charge on any atom is 0.410 e. The lowest BCUT2D eigenvalue weighted by atomic mass is 10.1. The first-order valence-corrected chi connectivity index (χ1v) is 8.72. The van der Waals surface area contributed by atoms with Crippen molar-refractivity contribution in [3.05, 3.63) is 0 Å². The fourth-order valence-electron chi connectivity index (χ4n) is 1.90. The van der Waals surface area contributed by atoms with Gasteiger partial charge in [0.1, 0.15) is 5.60 Å². The van der Waals surface area contributed by atoms with Gasteiger partial charge in [0, 0.05) is 31.8 Å². The summed E-state index contributed by atoms with van der Waals surface area (Å²) in [6.45, 7) is 19.8. The molecule has 0 aliphatic carbocycles. The monoisotopic (exact) mass is 330 g/mol. The zero-order valence-corrected chi connectivity index (χ0v) is 16.5. The Morgan fingerprint density at radius 1 is 1.04 bits per heavy atom. The lowest BCUT2D eigenvalue weighted by Gasteiger charge is -2.36. The number of nitrogens with one attached hydrogen (secondary N) is 1. The second kappa shape index (κ2) is 10.1. The number of rotatable bonds is 9. The predicted molar refractivity (Wildman–Crippen MR) is 95.8 cm³/mol. The average Bonchev–Trinajstić information content (AvgIpc) is 2.32. The number of amides is 1. The third kappa shape index (κ3) is 12.3. The Bertz CT molecular complexity index is 330. The molecule has 0 rings (SSSR count). The second-order valence-corrected chi connectivity index (χ2v) is 8.35. The summed E-state index contributed by atoms with van der Waals surface area (Å²) in [5.41, 5.74) is -0.740. The third-order valence-corrected chi connectivity index (χ3v) is 3.20. The largest absolute Gasteiger partial charge is 0.444 e. The molecule has 0 aromatic rings. The molecule has 0 aromatic heterocycles. The van der Waals surface area contributed by atoms with Crippen LogP contribution in [0.5, 0.6) is 0 Å². The Kier molecular flexibility index (Phi) is 9.78. The highest BCUT2D eigenvalue weighted by molar-refractivity contribution is 5.69. The van der Waals surface area contributed by atoms with Crippen LogP contribution in [0.1, 0.15) is 61.8 Å². The second-order valence-electron chi connectivity index (χ2n) is 8.35. The molecule has 0 aliphatic rings. The Morgan fingerprint density at radius 2 is 1.65 bits per heavy atom. The fraction of sp³-hybridized carbons (Fsp3) is 0.944. The van der Waals surface area contributed by atoms with Crippen molar-refractivity contribution in [1.29, 1.82) is 0 Å². The molecule has 0 saturated heterocycles. The molecule has 5 nitrogen and oxygen atoms in total. The number of carbonyl (C=O) groups is 1. The van der Waals surface area contributed by atoms with E-state index in [4.69, 9.17) is 9.47 Å². The normalized spacial score (nSPS) is 12.6. The van der Waals surface area contributed by atoms with Gasteiger partial charge in [-0.15, -0.1) is 0 Å². The van der Waals surface area contributed by atoms with Gasteiger partial charge in [-0.2, -0.15) is 0 Å². The van der Waals surface area contributed by atoms with E-state index in [0.717, 1.165) is 26.1 Å². The first-order valence-electron chi connectivity index (χ1n) is 8.72. The van der Waals surface area contributed by atoms with Crippen LogP contribution in [0.25, 0.3) is 0 Å². The number of hydrogen-bond donors (Lipinski definition) is 1. The van der Waals surface area contributed by atoms with Gasteiger partial charge in [-0.05, 0) is 53.9 Å². The Balaban J connectivity index is 4.07. The van der Waals surface area contributed by atoms with Gasteiger partial charge >= 0.3 is 6.09 Å². The summed E-state index contributed by atoms with van der Waals surface area (Å²) in [6.07, 6.45) is 0.830. The van der Waals surface area contributed by atoms with Gasteiger partial charge in [-0.1, -0.05) is 13.8 Å². The van der Waals surface area contributed by atoms with Crippen LogP contribution in [0, 0.1) is 5.92 Å². The van der Waals surface area contributed by atoms with E-state index < -0.39 is 5.60 Å². The highest BCUT2D eigenvalue weighted by atomic mass is 16.6. The fourth-order valence-corrected chi connectivity index (χ4v) is 1.90. The van der Waals surface area contributed by atoms with Crippen molar-refractivity contribution in [3.63, 3.8) is 0 Å². The van der Waals surface area contributed by atoms with E-state index in [1.165, 1.54) is 0 Å². The van der Waals surface area contributed by atoms with Gasteiger partial charge in [0.15, 0.2) is 0 Å². The lowest BCUT2D eigenvalue weighted by molar-refractivity contribution is 0.00654. The summed E-state index contributed by atoms with van der Waals surface area (Å²) in [5, 5.41) is 3.32. The minimum Gasteiger partial charge on any atom is -0.444 e. The van der Waals surface area contributed by atoms with Crippen LogP contribution in [-0.2, 0) is 9.47 Å². The molecule has 1 N–H and O–H groups in total. The van der Waals surface area contributed by atoms with Crippen molar-refractivity contribution < 1.29 is 14.3 Å². The quantitative estimate of drug-likeness (QED) is 0.655. The van der Waals surface area contributed by atoms with E-state index in [9.17, 15) is 4.79 Å². The van der Waals surface area contributed by atoms with E-state index >= 15 is 0 Å². The van der Waals surface area contributed by atoms with E-state index in [1.807, 2.05) is 41.5 Å². The molecule has 1 amide bonds. The zero-order chi connectivity index (χ0) is 18.1. The summed E-state index contributed by atoms with van der Waals surface area (Å²) in [5.74, 6) is 0.678. The van der Waals surface area contributed by atoms with Crippen molar-refractivity contribution in [2.45, 2.75) is 73.0 Å². The smallest absolute Gasteiger partial charge is 0.410 e. The zero-order valence-electron chi connectivity index (χ0n) is 16.5. The molecule has 0 spiro atoms. The summed E-state index contributed by atoms with van der Waals surface area (Å²) in [7, 11) is 0. The van der Waals surface area contributed by atoms with Gasteiger partial charge in [0.2, 0.25) is 0 Å². The molecule has 0 aromatic carbocycles. The van der Waals surface area contributed by atoms with E-state index in [1.54, 1.807) is 4.90 Å². The van der Waals surface area contributed by atoms with Crippen molar-refractivity contribution in [1.82, 2.24) is 10.2 Å². The molecule has 0 bridgehead atoms. The molecule has 0 unspecified atom stereocenters. The molecule has 5 heteroatoms. The highest BCUT2D eigenvalue weighted by Gasteiger charge is 2.30. The Morgan fingerprint density at radius 3 is 2.13 bits per heavy atom. The maximum atomic E-state index is 12.3. The van der Waals surface area contributed by atoms with Crippen molar-refractivity contribution in [2.75, 3.05) is 32.8 Å². The number of ether oxygens (including phenoxy) is 2. The van der Waals surface area contributed by atoms with Crippen molar-refractivity contribution >= 4 is 6.09 Å². The van der Waals surface area contributed by atoms with Crippen LogP contribution in [0.4, 0.5) is 4.79 Å². The minimum atomic E-state index is -0.474. The average molecular weight is 331 g/mol. The summed E-state index contributed by atoms with van der Waals surface area (Å²) in [6, 6.07) is 0. The van der Waals surface area contributed by atoms with Crippen molar-refractivity contribution in [2.24, 2.45) is 5.92 Å². The van der Waals surface area contributed by atoms with Crippen LogP contribution in [0.3, 0.4) is 0 Å². The van der Waals surface area contributed by atoms with Crippen LogP contribution in [0.2, 0.25) is 0 Å². The number of hydrogen-bond acceptors (Lipinski definition) is 4. The lowest BCUT2D eigenvalue weighted by Crippen LogP contribution is -2.50. The van der Waals surface area contributed by atoms with E-state index in [0.29, 0.717) is 19.1 Å². The molecular formula is C18H38N2O3. The Hall–Kier alpha value is -0.810. The van der Waals surface area contributed by atoms with Gasteiger partial charge in [-0.3, -0.25) is 0 Å². The molecule has 0 atom stereocenters. The van der Waals surface area contributed by atoms with Gasteiger partial charge in [-0.25, -0.2) is 4.79 Å². The predicted octanol–water partition coefficient (Wildman–Crippen LogP) is 3.67. The van der Waals surface area contributed by atoms with E-state index in [2.05, 4.69) is 19.2 Å². The minimum absolute atomic E-state index is 0.264. The summed E-state index contributed by atoms with van der Waals surface area (Å²) >= 11 is 0. The van der Waals surface area contributed by atoms with Crippen LogP contribution >= 0.6 is 0 Å². The van der Waals surface area contributed by atoms with Gasteiger partial charge < -0.3 is 19.7 Å². The molecule has 0 saturated carbocycles. The first-order chi connectivity index (χ1) is 10.4. The number of nitrogens with zero attached hydrogens (tertiary/aromatic N) is 1. The summed E-state index contributed by atoms with van der Waals surface area (Å²) < 4.78 is 11.1. The SMILES string of the molecule is CC(C)CCOCCNCCN(C(=O)OC(C)(C)C)C(C)(C)C. The molecule has 0 radical (unpaired) electrons. The number of carbonyl (C=O) groups excluding carboxylic acids is 1. The highest BCUT2D eigenvalue weighted by Crippen LogP contribution is 2.17. The van der Waals surface area contributed by atoms with Crippen molar-refractivity contribution in [3.8, 4) is 0 Å².